The van der Waals surface area contributed by atoms with Gasteiger partial charge in [0.2, 0.25) is 0 Å². The molecule has 0 heterocycles. The quantitative estimate of drug-likeness (QED) is 0.695. The Morgan fingerprint density at radius 3 is 1.92 bits per heavy atom. The van der Waals surface area contributed by atoms with Gasteiger partial charge in [-0.2, -0.15) is 13.2 Å². The molecule has 13 heavy (non-hydrogen) atoms. The summed E-state index contributed by atoms with van der Waals surface area (Å²) in [5.74, 6) is 0. The summed E-state index contributed by atoms with van der Waals surface area (Å²) in [5.41, 5.74) is 0. The molecule has 0 spiro atoms. The van der Waals surface area contributed by atoms with E-state index < -0.39 is 31.1 Å². The predicted molar refractivity (Wildman–Crippen MR) is 38.7 cm³/mol. The summed E-state index contributed by atoms with van der Waals surface area (Å²) in [7, 11) is 0. The number of halogens is 5. The van der Waals surface area contributed by atoms with Gasteiger partial charge in [0.05, 0.1) is 12.5 Å². The average Bonchev–Trinajstić information content (AvgIpc) is 1.81. The summed E-state index contributed by atoms with van der Waals surface area (Å²) in [6.07, 6.45) is -8.05. The molecule has 0 saturated carbocycles. The third-order valence-corrected chi connectivity index (χ3v) is 1.46. The van der Waals surface area contributed by atoms with Crippen LogP contribution in [-0.4, -0.2) is 24.7 Å². The molecule has 0 amide bonds. The average molecular weight is 205 g/mol. The fourth-order valence-electron chi connectivity index (χ4n) is 0.928. The second-order valence-electron chi connectivity index (χ2n) is 3.01. The lowest BCUT2D eigenvalue weighted by Gasteiger charge is -2.20. The number of hydrogen-bond acceptors (Lipinski definition) is 1. The van der Waals surface area contributed by atoms with E-state index in [9.17, 15) is 22.0 Å². The van der Waals surface area contributed by atoms with Crippen molar-refractivity contribution in [1.29, 1.82) is 0 Å². The van der Waals surface area contributed by atoms with E-state index in [1.54, 1.807) is 0 Å². The van der Waals surface area contributed by atoms with Crippen molar-refractivity contribution in [2.45, 2.75) is 45.0 Å². The lowest BCUT2D eigenvalue weighted by Crippen LogP contribution is -2.41. The molecule has 0 rings (SSSR count). The molecule has 0 fully saturated rings. The van der Waals surface area contributed by atoms with Gasteiger partial charge in [-0.25, -0.2) is 8.78 Å². The van der Waals surface area contributed by atoms with E-state index >= 15 is 0 Å². The van der Waals surface area contributed by atoms with Crippen molar-refractivity contribution >= 4 is 0 Å². The lowest BCUT2D eigenvalue weighted by atomic mass is 10.2. The van der Waals surface area contributed by atoms with Gasteiger partial charge in [0.15, 0.2) is 0 Å². The summed E-state index contributed by atoms with van der Waals surface area (Å²) in [5, 5.41) is 2.17. The monoisotopic (exact) mass is 205 g/mol. The molecule has 1 N–H and O–H groups in total. The van der Waals surface area contributed by atoms with E-state index in [-0.39, 0.29) is 0 Å². The van der Waals surface area contributed by atoms with E-state index in [1.807, 2.05) is 0 Å². The second kappa shape index (κ2) is 4.74. The molecule has 0 bridgehead atoms. The Balaban J connectivity index is 3.81. The van der Waals surface area contributed by atoms with Crippen LogP contribution in [-0.2, 0) is 0 Å². The van der Waals surface area contributed by atoms with Crippen LogP contribution in [0, 0.1) is 0 Å². The van der Waals surface area contributed by atoms with Gasteiger partial charge in [0.25, 0.3) is 6.43 Å². The third-order valence-electron chi connectivity index (χ3n) is 1.46. The first-order chi connectivity index (χ1) is 5.72. The SMILES string of the molecule is CC(CC(F)(F)F)NC(C)C(F)F. The molecule has 0 radical (unpaired) electrons. The van der Waals surface area contributed by atoms with Crippen molar-refractivity contribution < 1.29 is 22.0 Å². The van der Waals surface area contributed by atoms with Crippen LogP contribution in [0.25, 0.3) is 0 Å². The molecule has 0 aromatic heterocycles. The second-order valence-corrected chi connectivity index (χ2v) is 3.01. The van der Waals surface area contributed by atoms with Gasteiger partial charge >= 0.3 is 6.18 Å². The highest BCUT2D eigenvalue weighted by molar-refractivity contribution is 4.71. The topological polar surface area (TPSA) is 12.0 Å². The first-order valence-electron chi connectivity index (χ1n) is 3.83. The molecule has 0 saturated heterocycles. The molecule has 0 aliphatic rings. The Hall–Kier alpha value is -0.390. The Bertz CT molecular complexity index is 144. The van der Waals surface area contributed by atoms with Crippen molar-refractivity contribution in [2.24, 2.45) is 0 Å². The molecule has 80 valence electrons. The fourth-order valence-corrected chi connectivity index (χ4v) is 0.928. The van der Waals surface area contributed by atoms with E-state index in [2.05, 4.69) is 5.32 Å². The van der Waals surface area contributed by atoms with Gasteiger partial charge in [-0.3, -0.25) is 0 Å². The van der Waals surface area contributed by atoms with Gasteiger partial charge in [-0.1, -0.05) is 0 Å². The highest BCUT2D eigenvalue weighted by atomic mass is 19.4. The van der Waals surface area contributed by atoms with Gasteiger partial charge in [0, 0.05) is 6.04 Å². The van der Waals surface area contributed by atoms with Crippen molar-refractivity contribution in [2.75, 3.05) is 0 Å². The van der Waals surface area contributed by atoms with Gasteiger partial charge < -0.3 is 5.32 Å². The van der Waals surface area contributed by atoms with Crippen LogP contribution in [0.15, 0.2) is 0 Å². The minimum absolute atomic E-state index is 0.982. The minimum atomic E-state index is -4.31. The molecule has 0 aromatic carbocycles. The highest BCUT2D eigenvalue weighted by Gasteiger charge is 2.31. The van der Waals surface area contributed by atoms with Crippen LogP contribution in [0.4, 0.5) is 22.0 Å². The molecular weight excluding hydrogens is 193 g/mol. The van der Waals surface area contributed by atoms with Crippen LogP contribution in [0.3, 0.4) is 0 Å². The molecule has 0 aliphatic carbocycles. The van der Waals surface area contributed by atoms with Crippen LogP contribution in [0.1, 0.15) is 20.3 Å². The maximum atomic E-state index is 11.9. The Morgan fingerprint density at radius 1 is 1.15 bits per heavy atom. The fraction of sp³-hybridized carbons (Fsp3) is 1.00. The van der Waals surface area contributed by atoms with Crippen molar-refractivity contribution in [3.63, 3.8) is 0 Å². The molecule has 2 unspecified atom stereocenters. The van der Waals surface area contributed by atoms with Gasteiger partial charge in [-0.15, -0.1) is 0 Å². The van der Waals surface area contributed by atoms with E-state index in [0.29, 0.717) is 0 Å². The molecular formula is C7H12F5N. The van der Waals surface area contributed by atoms with Crippen molar-refractivity contribution in [1.82, 2.24) is 5.32 Å². The lowest BCUT2D eigenvalue weighted by molar-refractivity contribution is -0.140. The normalized spacial score (nSPS) is 17.5. The molecule has 2 atom stereocenters. The van der Waals surface area contributed by atoms with Crippen LogP contribution >= 0.6 is 0 Å². The number of rotatable bonds is 4. The molecule has 0 aromatic rings. The van der Waals surface area contributed by atoms with E-state index in [0.717, 1.165) is 6.92 Å². The van der Waals surface area contributed by atoms with Crippen LogP contribution in [0.5, 0.6) is 0 Å². The first-order valence-corrected chi connectivity index (χ1v) is 3.83. The number of hydrogen-bond donors (Lipinski definition) is 1. The Kier molecular flexibility index (Phi) is 4.60. The number of nitrogens with one attached hydrogen (secondary N) is 1. The van der Waals surface area contributed by atoms with Crippen LogP contribution < -0.4 is 5.32 Å². The van der Waals surface area contributed by atoms with Crippen LogP contribution in [0.2, 0.25) is 0 Å². The van der Waals surface area contributed by atoms with E-state index in [4.69, 9.17) is 0 Å². The van der Waals surface area contributed by atoms with Gasteiger partial charge in [0.1, 0.15) is 0 Å². The Morgan fingerprint density at radius 2 is 1.62 bits per heavy atom. The maximum absolute atomic E-state index is 11.9. The molecule has 1 nitrogen and oxygen atoms in total. The van der Waals surface area contributed by atoms with Gasteiger partial charge in [-0.05, 0) is 13.8 Å². The smallest absolute Gasteiger partial charge is 0.306 e. The standard InChI is InChI=1S/C7H12F5N/c1-4(3-7(10,11)12)13-5(2)6(8)9/h4-6,13H,3H2,1-2H3. The van der Waals surface area contributed by atoms with E-state index in [1.165, 1.54) is 6.92 Å². The largest absolute Gasteiger partial charge is 0.390 e. The minimum Gasteiger partial charge on any atom is -0.306 e. The summed E-state index contributed by atoms with van der Waals surface area (Å²) < 4.78 is 58.9. The third kappa shape index (κ3) is 6.74. The zero-order valence-electron chi connectivity index (χ0n) is 7.33. The molecule has 0 aliphatic heterocycles. The predicted octanol–water partition coefficient (Wildman–Crippen LogP) is 2.57. The summed E-state index contributed by atoms with van der Waals surface area (Å²) in [6, 6.07) is -2.19. The highest BCUT2D eigenvalue weighted by Crippen LogP contribution is 2.21. The molecule has 6 heteroatoms. The zero-order valence-corrected chi connectivity index (χ0v) is 7.33. The van der Waals surface area contributed by atoms with Crippen molar-refractivity contribution in [3.05, 3.63) is 0 Å². The number of alkyl halides is 5. The summed E-state index contributed by atoms with van der Waals surface area (Å²) >= 11 is 0. The summed E-state index contributed by atoms with van der Waals surface area (Å²) in [6.45, 7) is 2.38. The first kappa shape index (κ1) is 12.6. The zero-order chi connectivity index (χ0) is 10.6. The summed E-state index contributed by atoms with van der Waals surface area (Å²) in [4.78, 5) is 0. The van der Waals surface area contributed by atoms with Crippen molar-refractivity contribution in [3.8, 4) is 0 Å². The maximum Gasteiger partial charge on any atom is 0.390 e. The Labute approximate surface area is 73.3 Å².